The lowest BCUT2D eigenvalue weighted by atomic mass is 10.2. The molecule has 0 bridgehead atoms. The summed E-state index contributed by atoms with van der Waals surface area (Å²) in [4.78, 5) is 13.3. The van der Waals surface area contributed by atoms with Crippen molar-refractivity contribution in [1.82, 2.24) is 15.0 Å². The molecule has 0 saturated carbocycles. The molecule has 0 amide bonds. The highest BCUT2D eigenvalue weighted by molar-refractivity contribution is 6.39. The quantitative estimate of drug-likeness (QED) is 0.228. The molecule has 0 aliphatic heterocycles. The number of benzene rings is 3. The second kappa shape index (κ2) is 9.96. The van der Waals surface area contributed by atoms with Crippen LogP contribution in [0.1, 0.15) is 11.1 Å². The Morgan fingerprint density at radius 3 is 2.12 bits per heavy atom. The largest absolute Gasteiger partial charge is 0.324 e. The van der Waals surface area contributed by atoms with Gasteiger partial charge >= 0.3 is 0 Å². The van der Waals surface area contributed by atoms with E-state index in [9.17, 15) is 0 Å². The number of anilines is 3. The summed E-state index contributed by atoms with van der Waals surface area (Å²) in [5.74, 6) is 0.826. The predicted octanol–water partition coefficient (Wildman–Crippen LogP) is 7.00. The standard InChI is InChI=1S/C23H17Cl3N6/c1-14-5-7-15(8-6-14)13-27-32-23-30-21(20-18(25)3-2-4-19(20)26)29-22(31-23)28-17-11-9-16(24)10-12-17/h2-13H,1H3,(H2,28,29,30,31,32)/b27-13+. The molecule has 4 aromatic rings. The van der Waals surface area contributed by atoms with Gasteiger partial charge in [0.15, 0.2) is 5.82 Å². The molecule has 1 aromatic heterocycles. The predicted molar refractivity (Wildman–Crippen MR) is 132 cm³/mol. The van der Waals surface area contributed by atoms with E-state index in [1.54, 1.807) is 36.5 Å². The highest BCUT2D eigenvalue weighted by atomic mass is 35.5. The minimum absolute atomic E-state index is 0.228. The molecule has 0 radical (unpaired) electrons. The van der Waals surface area contributed by atoms with Crippen molar-refractivity contribution in [3.63, 3.8) is 0 Å². The van der Waals surface area contributed by atoms with Crippen LogP contribution in [-0.4, -0.2) is 21.2 Å². The molecule has 0 unspecified atom stereocenters. The molecular weight excluding hydrogens is 467 g/mol. The molecule has 160 valence electrons. The fraction of sp³-hybridized carbons (Fsp3) is 0.0435. The lowest BCUT2D eigenvalue weighted by Gasteiger charge is -2.10. The number of hydrogen-bond acceptors (Lipinski definition) is 6. The van der Waals surface area contributed by atoms with E-state index in [2.05, 4.69) is 30.8 Å². The van der Waals surface area contributed by atoms with Crippen LogP contribution in [0, 0.1) is 6.92 Å². The number of nitrogens with zero attached hydrogens (tertiary/aromatic N) is 4. The third-order valence-electron chi connectivity index (χ3n) is 4.38. The van der Waals surface area contributed by atoms with E-state index in [1.807, 2.05) is 43.3 Å². The van der Waals surface area contributed by atoms with Crippen molar-refractivity contribution in [2.75, 3.05) is 10.7 Å². The average molecular weight is 484 g/mol. The maximum atomic E-state index is 6.37. The minimum Gasteiger partial charge on any atom is -0.324 e. The van der Waals surface area contributed by atoms with E-state index in [-0.39, 0.29) is 5.95 Å². The van der Waals surface area contributed by atoms with Crippen molar-refractivity contribution in [3.05, 3.63) is 92.9 Å². The zero-order chi connectivity index (χ0) is 22.5. The first kappa shape index (κ1) is 22.0. The van der Waals surface area contributed by atoms with E-state index < -0.39 is 0 Å². The first-order valence-electron chi connectivity index (χ1n) is 9.57. The summed E-state index contributed by atoms with van der Waals surface area (Å²) in [6.07, 6.45) is 1.68. The van der Waals surface area contributed by atoms with Crippen LogP contribution in [0.2, 0.25) is 15.1 Å². The molecule has 1 heterocycles. The Labute approximate surface area is 200 Å². The van der Waals surface area contributed by atoms with Gasteiger partial charge in [-0.05, 0) is 48.9 Å². The van der Waals surface area contributed by atoms with Crippen LogP contribution in [0.4, 0.5) is 17.6 Å². The highest BCUT2D eigenvalue weighted by Crippen LogP contribution is 2.33. The van der Waals surface area contributed by atoms with Crippen LogP contribution in [-0.2, 0) is 0 Å². The Morgan fingerprint density at radius 2 is 1.44 bits per heavy atom. The van der Waals surface area contributed by atoms with Gasteiger partial charge in [0, 0.05) is 10.7 Å². The van der Waals surface area contributed by atoms with Gasteiger partial charge in [-0.15, -0.1) is 0 Å². The molecular formula is C23H17Cl3N6. The van der Waals surface area contributed by atoms with Crippen molar-refractivity contribution in [1.29, 1.82) is 0 Å². The van der Waals surface area contributed by atoms with E-state index in [0.29, 0.717) is 32.4 Å². The summed E-state index contributed by atoms with van der Waals surface area (Å²) >= 11 is 18.7. The summed E-state index contributed by atoms with van der Waals surface area (Å²) in [5, 5.41) is 8.86. The van der Waals surface area contributed by atoms with E-state index >= 15 is 0 Å². The van der Waals surface area contributed by atoms with Crippen molar-refractivity contribution in [3.8, 4) is 11.4 Å². The summed E-state index contributed by atoms with van der Waals surface area (Å²) < 4.78 is 0. The zero-order valence-electron chi connectivity index (χ0n) is 16.9. The van der Waals surface area contributed by atoms with Crippen LogP contribution in [0.15, 0.2) is 71.8 Å². The Kier molecular flexibility index (Phi) is 6.85. The smallest absolute Gasteiger partial charge is 0.248 e. The second-order valence-corrected chi connectivity index (χ2v) is 8.07. The summed E-state index contributed by atoms with van der Waals surface area (Å²) in [5.41, 5.74) is 6.22. The third-order valence-corrected chi connectivity index (χ3v) is 5.26. The third kappa shape index (κ3) is 5.53. The lowest BCUT2D eigenvalue weighted by Crippen LogP contribution is -2.06. The molecule has 6 nitrogen and oxygen atoms in total. The SMILES string of the molecule is Cc1ccc(/C=N/Nc2nc(Nc3ccc(Cl)cc3)nc(-c3c(Cl)cccc3Cl)n2)cc1. The van der Waals surface area contributed by atoms with Crippen molar-refractivity contribution in [2.24, 2.45) is 5.10 Å². The fourth-order valence-electron chi connectivity index (χ4n) is 2.78. The van der Waals surface area contributed by atoms with Gasteiger partial charge in [0.2, 0.25) is 11.9 Å². The van der Waals surface area contributed by atoms with Gasteiger partial charge in [-0.1, -0.05) is 70.7 Å². The van der Waals surface area contributed by atoms with Crippen molar-refractivity contribution in [2.45, 2.75) is 6.92 Å². The summed E-state index contributed by atoms with van der Waals surface area (Å²) in [6, 6.07) is 20.3. The maximum absolute atomic E-state index is 6.37. The Hall–Kier alpha value is -3.19. The number of nitrogens with one attached hydrogen (secondary N) is 2. The second-order valence-electron chi connectivity index (χ2n) is 6.82. The van der Waals surface area contributed by atoms with Gasteiger partial charge in [-0.2, -0.15) is 20.1 Å². The monoisotopic (exact) mass is 482 g/mol. The Balaban J connectivity index is 1.68. The molecule has 0 spiro atoms. The van der Waals surface area contributed by atoms with Gasteiger partial charge in [0.1, 0.15) is 0 Å². The van der Waals surface area contributed by atoms with Gasteiger partial charge in [0.25, 0.3) is 0 Å². The number of aryl methyl sites for hydroxylation is 1. The van der Waals surface area contributed by atoms with Crippen LogP contribution < -0.4 is 10.7 Å². The number of hydrazone groups is 1. The lowest BCUT2D eigenvalue weighted by molar-refractivity contribution is 1.04. The Bertz CT molecular complexity index is 1240. The van der Waals surface area contributed by atoms with Crippen LogP contribution >= 0.6 is 34.8 Å². The van der Waals surface area contributed by atoms with Crippen LogP contribution in [0.25, 0.3) is 11.4 Å². The van der Waals surface area contributed by atoms with Crippen LogP contribution in [0.3, 0.4) is 0 Å². The van der Waals surface area contributed by atoms with E-state index in [1.165, 1.54) is 5.56 Å². The van der Waals surface area contributed by atoms with E-state index in [0.717, 1.165) is 11.3 Å². The number of hydrogen-bond donors (Lipinski definition) is 2. The molecule has 9 heteroatoms. The van der Waals surface area contributed by atoms with Crippen LogP contribution in [0.5, 0.6) is 0 Å². The topological polar surface area (TPSA) is 75.1 Å². The number of halogens is 3. The molecule has 0 aliphatic carbocycles. The fourth-order valence-corrected chi connectivity index (χ4v) is 3.48. The molecule has 0 aliphatic rings. The van der Waals surface area contributed by atoms with Gasteiger partial charge in [-0.25, -0.2) is 5.43 Å². The molecule has 0 fully saturated rings. The van der Waals surface area contributed by atoms with Crippen molar-refractivity contribution < 1.29 is 0 Å². The summed E-state index contributed by atoms with van der Waals surface area (Å²) in [6.45, 7) is 2.03. The molecule has 3 aromatic carbocycles. The summed E-state index contributed by atoms with van der Waals surface area (Å²) in [7, 11) is 0. The molecule has 2 N–H and O–H groups in total. The first-order valence-corrected chi connectivity index (χ1v) is 10.7. The molecule has 32 heavy (non-hydrogen) atoms. The average Bonchev–Trinajstić information content (AvgIpc) is 2.77. The first-order chi connectivity index (χ1) is 15.5. The number of rotatable bonds is 6. The molecule has 4 rings (SSSR count). The van der Waals surface area contributed by atoms with Crippen molar-refractivity contribution >= 4 is 58.6 Å². The zero-order valence-corrected chi connectivity index (χ0v) is 19.1. The molecule has 0 atom stereocenters. The maximum Gasteiger partial charge on any atom is 0.248 e. The van der Waals surface area contributed by atoms with Gasteiger partial charge in [0.05, 0.1) is 21.8 Å². The minimum atomic E-state index is 0.228. The normalized spacial score (nSPS) is 11.0. The number of aromatic nitrogens is 3. The van der Waals surface area contributed by atoms with E-state index in [4.69, 9.17) is 34.8 Å². The van der Waals surface area contributed by atoms with Gasteiger partial charge < -0.3 is 5.32 Å². The molecule has 0 saturated heterocycles. The Morgan fingerprint density at radius 1 is 0.781 bits per heavy atom. The van der Waals surface area contributed by atoms with Gasteiger partial charge in [-0.3, -0.25) is 0 Å². The highest BCUT2D eigenvalue weighted by Gasteiger charge is 2.15.